The molecule has 9 heteroatoms. The summed E-state index contributed by atoms with van der Waals surface area (Å²) in [5, 5.41) is 17.5. The quantitative estimate of drug-likeness (QED) is 0.551. The molecule has 0 fully saturated rings. The Morgan fingerprint density at radius 2 is 1.69 bits per heavy atom. The molecule has 0 aromatic heterocycles. The Morgan fingerprint density at radius 3 is 2.06 bits per heavy atom. The number of rotatable bonds is 2. The Labute approximate surface area is 90.1 Å². The molecule has 16 heavy (non-hydrogen) atoms. The Morgan fingerprint density at radius 1 is 1.19 bits per heavy atom. The summed E-state index contributed by atoms with van der Waals surface area (Å²) in [6.07, 6.45) is 0. The van der Waals surface area contributed by atoms with Gasteiger partial charge in [-0.2, -0.15) is 8.42 Å². The lowest BCUT2D eigenvalue weighted by molar-refractivity contribution is 0.0693. The van der Waals surface area contributed by atoms with E-state index in [1.807, 2.05) is 0 Å². The third-order valence-corrected chi connectivity index (χ3v) is 2.35. The highest BCUT2D eigenvalue weighted by Gasteiger charge is 2.15. The lowest BCUT2D eigenvalue weighted by atomic mass is 10.2. The summed E-state index contributed by atoms with van der Waals surface area (Å²) in [7, 11) is -4.45. The van der Waals surface area contributed by atoms with E-state index in [1.165, 1.54) is 0 Å². The second kappa shape index (κ2) is 5.42. The number of hydrogen-bond acceptors (Lipinski definition) is 4. The van der Waals surface area contributed by atoms with Crippen molar-refractivity contribution >= 4 is 16.1 Å². The minimum Gasteiger partial charge on any atom is -0.507 e. The largest absolute Gasteiger partial charge is 0.507 e. The van der Waals surface area contributed by atoms with Crippen molar-refractivity contribution in [3.63, 3.8) is 0 Å². The molecule has 0 unspecified atom stereocenters. The molecule has 0 aliphatic carbocycles. The van der Waals surface area contributed by atoms with Crippen LogP contribution in [0.5, 0.6) is 5.75 Å². The Kier molecular flexibility index (Phi) is 5.67. The van der Waals surface area contributed by atoms with Crippen LogP contribution in [0.3, 0.4) is 0 Å². The lowest BCUT2D eigenvalue weighted by Crippen LogP contribution is -2.02. The standard InChI is InChI=1S/C7H6O6S.2H2O/c8-6-2-1-4(14(11,12)13)3-5(6)7(9)10;;/h1-3,8H,(H,9,10)(H,11,12,13);2*1H2. The van der Waals surface area contributed by atoms with Crippen molar-refractivity contribution < 1.29 is 38.9 Å². The van der Waals surface area contributed by atoms with Crippen molar-refractivity contribution in [2.24, 2.45) is 0 Å². The predicted octanol–water partition coefficient (Wildman–Crippen LogP) is -1.31. The van der Waals surface area contributed by atoms with Crippen molar-refractivity contribution in [3.05, 3.63) is 23.8 Å². The fourth-order valence-corrected chi connectivity index (χ4v) is 1.35. The lowest BCUT2D eigenvalue weighted by Gasteiger charge is -2.01. The van der Waals surface area contributed by atoms with Gasteiger partial charge in [0, 0.05) is 0 Å². The zero-order valence-corrected chi connectivity index (χ0v) is 8.52. The summed E-state index contributed by atoms with van der Waals surface area (Å²) in [4.78, 5) is 9.89. The van der Waals surface area contributed by atoms with E-state index in [0.29, 0.717) is 6.07 Å². The van der Waals surface area contributed by atoms with E-state index in [4.69, 9.17) is 14.8 Å². The van der Waals surface area contributed by atoms with Crippen LogP contribution in [-0.2, 0) is 10.1 Å². The molecule has 1 aromatic carbocycles. The molecule has 1 rings (SSSR count). The van der Waals surface area contributed by atoms with Gasteiger partial charge in [0.1, 0.15) is 11.3 Å². The molecule has 92 valence electrons. The van der Waals surface area contributed by atoms with Gasteiger partial charge >= 0.3 is 5.97 Å². The van der Waals surface area contributed by atoms with Crippen molar-refractivity contribution in [2.75, 3.05) is 0 Å². The number of phenols is 1. The molecule has 0 bridgehead atoms. The molecule has 0 aliphatic heterocycles. The maximum absolute atomic E-state index is 10.6. The highest BCUT2D eigenvalue weighted by atomic mass is 32.2. The summed E-state index contributed by atoms with van der Waals surface area (Å²) in [5.41, 5.74) is -0.583. The third-order valence-electron chi connectivity index (χ3n) is 1.50. The van der Waals surface area contributed by atoms with Crippen LogP contribution in [0.25, 0.3) is 0 Å². The van der Waals surface area contributed by atoms with Gasteiger partial charge in [0.2, 0.25) is 0 Å². The molecule has 7 N–H and O–H groups in total. The van der Waals surface area contributed by atoms with Crippen LogP contribution in [0.15, 0.2) is 23.1 Å². The molecule has 0 spiro atoms. The number of hydrogen-bond donors (Lipinski definition) is 3. The van der Waals surface area contributed by atoms with Gasteiger partial charge in [-0.15, -0.1) is 0 Å². The fraction of sp³-hybridized carbons (Fsp3) is 0. The topological polar surface area (TPSA) is 175 Å². The van der Waals surface area contributed by atoms with Crippen molar-refractivity contribution in [1.29, 1.82) is 0 Å². The summed E-state index contributed by atoms with van der Waals surface area (Å²) in [5.74, 6) is -2.04. The van der Waals surface area contributed by atoms with Crippen molar-refractivity contribution in [3.8, 4) is 5.75 Å². The van der Waals surface area contributed by atoms with Crippen LogP contribution in [0.4, 0.5) is 0 Å². The Hall–Kier alpha value is -1.68. The van der Waals surface area contributed by atoms with E-state index in [9.17, 15) is 13.2 Å². The number of aromatic carboxylic acids is 1. The molecule has 8 nitrogen and oxygen atoms in total. The van der Waals surface area contributed by atoms with E-state index < -0.39 is 32.3 Å². The number of carboxylic acid groups (broad SMARTS) is 1. The zero-order valence-electron chi connectivity index (χ0n) is 7.71. The van der Waals surface area contributed by atoms with Crippen LogP contribution in [0.2, 0.25) is 0 Å². The molecule has 0 aliphatic rings. The second-order valence-electron chi connectivity index (χ2n) is 2.46. The minimum atomic E-state index is -4.45. The van der Waals surface area contributed by atoms with Gasteiger partial charge in [-0.3, -0.25) is 4.55 Å². The first kappa shape index (κ1) is 16.7. The summed E-state index contributed by atoms with van der Waals surface area (Å²) >= 11 is 0. The summed E-state index contributed by atoms with van der Waals surface area (Å²) < 4.78 is 29.8. The molecule has 0 radical (unpaired) electrons. The van der Waals surface area contributed by atoms with Crippen LogP contribution in [0.1, 0.15) is 10.4 Å². The van der Waals surface area contributed by atoms with E-state index in [0.717, 1.165) is 12.1 Å². The number of benzene rings is 1. The van der Waals surface area contributed by atoms with Crippen LogP contribution < -0.4 is 0 Å². The molecular formula is C7H10O8S. The van der Waals surface area contributed by atoms with Gasteiger partial charge in [-0.1, -0.05) is 0 Å². The normalized spacial score (nSPS) is 9.81. The maximum atomic E-state index is 10.6. The maximum Gasteiger partial charge on any atom is 0.339 e. The Balaban J connectivity index is 0. The van der Waals surface area contributed by atoms with Gasteiger partial charge < -0.3 is 21.2 Å². The molecular weight excluding hydrogens is 244 g/mol. The highest BCUT2D eigenvalue weighted by molar-refractivity contribution is 7.85. The molecule has 0 heterocycles. The average molecular weight is 254 g/mol. The first-order valence-corrected chi connectivity index (χ1v) is 4.80. The SMILES string of the molecule is O.O.O=C(O)c1cc(S(=O)(=O)O)ccc1O. The smallest absolute Gasteiger partial charge is 0.339 e. The molecule has 0 atom stereocenters. The summed E-state index contributed by atoms with van der Waals surface area (Å²) in [6, 6.07) is 2.46. The highest BCUT2D eigenvalue weighted by Crippen LogP contribution is 2.20. The number of carbonyl (C=O) groups is 1. The third kappa shape index (κ3) is 3.47. The van der Waals surface area contributed by atoms with Gasteiger partial charge in [0.15, 0.2) is 0 Å². The van der Waals surface area contributed by atoms with Crippen LogP contribution >= 0.6 is 0 Å². The van der Waals surface area contributed by atoms with Gasteiger partial charge in [0.25, 0.3) is 10.1 Å². The predicted molar refractivity (Wildman–Crippen MR) is 52.1 cm³/mol. The average Bonchev–Trinajstić information content (AvgIpc) is 2.02. The van der Waals surface area contributed by atoms with Crippen molar-refractivity contribution in [1.82, 2.24) is 0 Å². The monoisotopic (exact) mass is 254 g/mol. The molecule has 0 amide bonds. The van der Waals surface area contributed by atoms with Gasteiger partial charge in [-0.05, 0) is 18.2 Å². The van der Waals surface area contributed by atoms with Crippen LogP contribution in [0, 0.1) is 0 Å². The van der Waals surface area contributed by atoms with Gasteiger partial charge in [0.05, 0.1) is 4.90 Å². The fourth-order valence-electron chi connectivity index (χ4n) is 0.847. The van der Waals surface area contributed by atoms with E-state index in [-0.39, 0.29) is 11.0 Å². The first-order valence-electron chi connectivity index (χ1n) is 3.36. The first-order chi connectivity index (χ1) is 6.32. The minimum absolute atomic E-state index is 0. The van der Waals surface area contributed by atoms with E-state index >= 15 is 0 Å². The van der Waals surface area contributed by atoms with Crippen LogP contribution in [-0.4, -0.2) is 40.1 Å². The second-order valence-corrected chi connectivity index (χ2v) is 3.88. The molecule has 0 saturated heterocycles. The Bertz CT molecular complexity index is 477. The van der Waals surface area contributed by atoms with Crippen molar-refractivity contribution in [2.45, 2.75) is 4.90 Å². The molecule has 1 aromatic rings. The summed E-state index contributed by atoms with van der Waals surface area (Å²) in [6.45, 7) is 0. The number of carboxylic acids is 1. The molecule has 0 saturated carbocycles. The van der Waals surface area contributed by atoms with E-state index in [1.54, 1.807) is 0 Å². The van der Waals surface area contributed by atoms with E-state index in [2.05, 4.69) is 0 Å². The zero-order chi connectivity index (χ0) is 10.9. The van der Waals surface area contributed by atoms with Gasteiger partial charge in [-0.25, -0.2) is 4.79 Å². The number of aromatic hydroxyl groups is 1.